The van der Waals surface area contributed by atoms with Crippen molar-refractivity contribution in [2.24, 2.45) is 11.8 Å². The topological polar surface area (TPSA) is 163 Å². The number of imide groups is 1. The lowest BCUT2D eigenvalue weighted by atomic mass is 9.98. The molecule has 134 valence electrons. The van der Waals surface area contributed by atoms with Crippen molar-refractivity contribution >= 4 is 28.2 Å². The molecule has 0 saturated carbocycles. The van der Waals surface area contributed by atoms with E-state index in [9.17, 15) is 22.8 Å². The zero-order valence-corrected chi connectivity index (χ0v) is 13.3. The molecule has 3 heterocycles. The summed E-state index contributed by atoms with van der Waals surface area (Å²) >= 11 is 0. The van der Waals surface area contributed by atoms with Crippen molar-refractivity contribution in [2.45, 2.75) is 24.9 Å². The van der Waals surface area contributed by atoms with Crippen LogP contribution in [0.5, 0.6) is 0 Å². The fourth-order valence-electron chi connectivity index (χ4n) is 3.02. The van der Waals surface area contributed by atoms with Gasteiger partial charge in [0.05, 0.1) is 12.0 Å². The van der Waals surface area contributed by atoms with Gasteiger partial charge in [-0.2, -0.15) is 13.5 Å². The number of carbonyl (C=O) groups excluding carboxylic acids is 3. The first-order valence-corrected chi connectivity index (χ1v) is 8.65. The molecule has 3 aliphatic rings. The Morgan fingerprint density at radius 1 is 1.29 bits per heavy atom. The molecule has 0 radical (unpaired) electrons. The largest absolute Gasteiger partial charge is 0.418 e. The molecule has 0 aliphatic carbocycles. The third-order valence-corrected chi connectivity index (χ3v) is 4.74. The van der Waals surface area contributed by atoms with Gasteiger partial charge >= 0.3 is 16.4 Å². The van der Waals surface area contributed by atoms with E-state index in [1.165, 1.54) is 0 Å². The molecule has 12 nitrogen and oxygen atoms in total. The highest BCUT2D eigenvalue weighted by Crippen LogP contribution is 2.31. The van der Waals surface area contributed by atoms with Gasteiger partial charge < -0.3 is 10.2 Å². The van der Waals surface area contributed by atoms with Gasteiger partial charge in [0.2, 0.25) is 5.91 Å². The number of urea groups is 1. The van der Waals surface area contributed by atoms with E-state index >= 15 is 0 Å². The number of hydrazine groups is 1. The Morgan fingerprint density at radius 2 is 1.96 bits per heavy atom. The van der Waals surface area contributed by atoms with E-state index in [1.54, 1.807) is 0 Å². The number of piperidine rings is 1. The van der Waals surface area contributed by atoms with E-state index in [0.717, 1.165) is 4.90 Å². The zero-order valence-electron chi connectivity index (χ0n) is 12.5. The van der Waals surface area contributed by atoms with Gasteiger partial charge in [0, 0.05) is 19.6 Å². The second kappa shape index (κ2) is 5.93. The molecule has 2 bridgehead atoms. The minimum atomic E-state index is -4.86. The number of rotatable bonds is 4. The fraction of sp³-hybridized carbons (Fsp3) is 0.727. The minimum absolute atomic E-state index is 0.0395. The smallest absolute Gasteiger partial charge is 0.315 e. The average Bonchev–Trinajstić information content (AvgIpc) is 2.68. The quantitative estimate of drug-likeness (QED) is 0.160. The molecule has 0 spiro atoms. The molecule has 3 fully saturated rings. The van der Waals surface area contributed by atoms with Gasteiger partial charge in [-0.3, -0.25) is 14.1 Å². The predicted octanol–water partition coefficient (Wildman–Crippen LogP) is -2.56. The number of fused-ring (bicyclic) bond motifs is 2. The highest BCUT2D eigenvalue weighted by molar-refractivity contribution is 7.80. The van der Waals surface area contributed by atoms with Crippen LogP contribution in [0.1, 0.15) is 12.8 Å². The Kier molecular flexibility index (Phi) is 4.21. The van der Waals surface area contributed by atoms with Gasteiger partial charge in [-0.1, -0.05) is 0 Å². The van der Waals surface area contributed by atoms with Gasteiger partial charge in [0.1, 0.15) is 6.04 Å². The standard InChI is InChI=1S/C11H17N5O7S/c12-15(9(17)6-3-13-4-6)10(18)8-2-1-7-5-14(8)11(19)16(7)23-24(20,21)22/h6-8,13H,1-5,12H2,(H,20,21,22). The number of hydrogen-bond acceptors (Lipinski definition) is 8. The maximum absolute atomic E-state index is 12.4. The van der Waals surface area contributed by atoms with Crippen LogP contribution in [-0.2, 0) is 24.3 Å². The summed E-state index contributed by atoms with van der Waals surface area (Å²) < 4.78 is 34.7. The van der Waals surface area contributed by atoms with Gasteiger partial charge in [0.25, 0.3) is 5.91 Å². The number of carbonyl (C=O) groups is 3. The number of hydroxylamine groups is 2. The van der Waals surface area contributed by atoms with Gasteiger partial charge in [-0.25, -0.2) is 15.6 Å². The molecule has 0 aromatic carbocycles. The van der Waals surface area contributed by atoms with Crippen molar-refractivity contribution in [2.75, 3.05) is 19.6 Å². The van der Waals surface area contributed by atoms with Gasteiger partial charge in [-0.15, -0.1) is 4.28 Å². The number of hydrogen-bond donors (Lipinski definition) is 3. The third kappa shape index (κ3) is 2.95. The summed E-state index contributed by atoms with van der Waals surface area (Å²) in [5, 5.41) is 3.95. The summed E-state index contributed by atoms with van der Waals surface area (Å²) in [6.45, 7) is 0.911. The Bertz CT molecular complexity index is 678. The molecule has 4 amide bonds. The number of amides is 4. The van der Waals surface area contributed by atoms with Crippen molar-refractivity contribution in [1.82, 2.24) is 20.3 Å². The van der Waals surface area contributed by atoms with E-state index in [1.807, 2.05) is 0 Å². The summed E-state index contributed by atoms with van der Waals surface area (Å²) in [5.41, 5.74) is 0. The summed E-state index contributed by atoms with van der Waals surface area (Å²) in [6, 6.07) is -2.47. The zero-order chi connectivity index (χ0) is 17.6. The molecule has 4 N–H and O–H groups in total. The van der Waals surface area contributed by atoms with Crippen LogP contribution in [0.25, 0.3) is 0 Å². The number of nitrogens with two attached hydrogens (primary N) is 1. The van der Waals surface area contributed by atoms with Crippen LogP contribution in [0.4, 0.5) is 4.79 Å². The lowest BCUT2D eigenvalue weighted by molar-refractivity contribution is -0.151. The fourth-order valence-corrected chi connectivity index (χ4v) is 3.41. The average molecular weight is 363 g/mol. The Hall–Kier alpha value is -1.80. The molecule has 0 aromatic heterocycles. The number of nitrogens with zero attached hydrogens (tertiary/aromatic N) is 3. The second-order valence-corrected chi connectivity index (χ2v) is 6.92. The summed E-state index contributed by atoms with van der Waals surface area (Å²) in [5.74, 6) is 3.97. The van der Waals surface area contributed by atoms with E-state index < -0.39 is 40.3 Å². The molecule has 2 atom stereocenters. The van der Waals surface area contributed by atoms with Crippen molar-refractivity contribution in [3.8, 4) is 0 Å². The monoisotopic (exact) mass is 363 g/mol. The normalized spacial score (nSPS) is 27.2. The van der Waals surface area contributed by atoms with Crippen LogP contribution < -0.4 is 11.2 Å². The van der Waals surface area contributed by atoms with Crippen molar-refractivity contribution < 1.29 is 31.6 Å². The van der Waals surface area contributed by atoms with E-state index in [-0.39, 0.29) is 25.3 Å². The molecule has 0 aromatic rings. The first-order chi connectivity index (χ1) is 11.2. The summed E-state index contributed by atoms with van der Waals surface area (Å²) in [6.07, 6.45) is 0.464. The Morgan fingerprint density at radius 3 is 2.50 bits per heavy atom. The Labute approximate surface area is 137 Å². The van der Waals surface area contributed by atoms with Crippen LogP contribution in [0.3, 0.4) is 0 Å². The lowest BCUT2D eigenvalue weighted by Crippen LogP contribution is -2.60. The summed E-state index contributed by atoms with van der Waals surface area (Å²) in [4.78, 5) is 37.8. The molecule has 2 unspecified atom stereocenters. The van der Waals surface area contributed by atoms with Crippen LogP contribution >= 0.6 is 0 Å². The first kappa shape index (κ1) is 17.0. The molecule has 13 heteroatoms. The second-order valence-electron chi connectivity index (χ2n) is 5.91. The van der Waals surface area contributed by atoms with Crippen LogP contribution in [0.15, 0.2) is 0 Å². The van der Waals surface area contributed by atoms with E-state index in [4.69, 9.17) is 10.4 Å². The summed E-state index contributed by atoms with van der Waals surface area (Å²) in [7, 11) is -4.86. The SMILES string of the molecule is NN(C(=O)C1CNC1)C(=O)C1CCC2CN1C(=O)N2OS(=O)(=O)O. The molecule has 3 saturated heterocycles. The van der Waals surface area contributed by atoms with Crippen molar-refractivity contribution in [3.05, 3.63) is 0 Å². The van der Waals surface area contributed by atoms with Crippen molar-refractivity contribution in [3.63, 3.8) is 0 Å². The molecule has 3 aliphatic heterocycles. The molecular weight excluding hydrogens is 346 g/mol. The lowest BCUT2D eigenvalue weighted by Gasteiger charge is -2.34. The highest BCUT2D eigenvalue weighted by Gasteiger charge is 2.50. The molecule has 3 rings (SSSR count). The molecular formula is C11H17N5O7S. The van der Waals surface area contributed by atoms with E-state index in [2.05, 4.69) is 9.60 Å². The van der Waals surface area contributed by atoms with Crippen LogP contribution in [-0.4, -0.2) is 77.5 Å². The number of nitrogens with one attached hydrogen (secondary N) is 1. The van der Waals surface area contributed by atoms with Crippen LogP contribution in [0.2, 0.25) is 0 Å². The Balaban J connectivity index is 1.71. The maximum atomic E-state index is 12.4. The van der Waals surface area contributed by atoms with Gasteiger partial charge in [-0.05, 0) is 12.8 Å². The third-order valence-electron chi connectivity index (χ3n) is 4.39. The maximum Gasteiger partial charge on any atom is 0.418 e. The van der Waals surface area contributed by atoms with Crippen molar-refractivity contribution in [1.29, 1.82) is 0 Å². The minimum Gasteiger partial charge on any atom is -0.315 e. The first-order valence-electron chi connectivity index (χ1n) is 7.29. The predicted molar refractivity (Wildman–Crippen MR) is 75.8 cm³/mol. The highest BCUT2D eigenvalue weighted by atomic mass is 32.3. The van der Waals surface area contributed by atoms with Gasteiger partial charge in [0.15, 0.2) is 0 Å². The van der Waals surface area contributed by atoms with Crippen LogP contribution in [0, 0.1) is 5.92 Å². The molecule has 24 heavy (non-hydrogen) atoms. The van der Waals surface area contributed by atoms with E-state index in [0.29, 0.717) is 23.2 Å².